The predicted molar refractivity (Wildman–Crippen MR) is 128 cm³/mol. The van der Waals surface area contributed by atoms with Crippen LogP contribution in [0.4, 0.5) is 5.82 Å². The first kappa shape index (κ1) is 22.1. The topological polar surface area (TPSA) is 66.4 Å². The van der Waals surface area contributed by atoms with Gasteiger partial charge in [0.25, 0.3) is 0 Å². The van der Waals surface area contributed by atoms with Crippen molar-refractivity contribution in [3.63, 3.8) is 0 Å². The van der Waals surface area contributed by atoms with E-state index in [9.17, 15) is 9.59 Å². The second kappa shape index (κ2) is 9.62. The van der Waals surface area contributed by atoms with E-state index in [-0.39, 0.29) is 11.8 Å². The number of rotatable bonds is 7. The van der Waals surface area contributed by atoms with Crippen LogP contribution in [0, 0.1) is 12.8 Å². The molecule has 5 rings (SSSR count). The standard InChI is InChI=1S/C27H34N4O2/c1-19-23-17-25(33)31(14-7-12-20-8-3-2-4-9-20)27(23)29-26(28-19)22-13-15-30(18-22)24(32)16-21-10-5-6-11-21/h2-4,8-9,21-22H,5-7,10-18H2,1H3/t22-/m1/s1. The Bertz CT molecular complexity index is 1020. The van der Waals surface area contributed by atoms with Crippen molar-refractivity contribution in [2.45, 2.75) is 70.6 Å². The van der Waals surface area contributed by atoms with Crippen molar-refractivity contribution in [2.75, 3.05) is 24.5 Å². The van der Waals surface area contributed by atoms with Crippen LogP contribution in [0.1, 0.15) is 73.5 Å². The fraction of sp³-hybridized carbons (Fsp3) is 0.556. The van der Waals surface area contributed by atoms with E-state index in [1.165, 1.54) is 31.2 Å². The van der Waals surface area contributed by atoms with Gasteiger partial charge in [-0.3, -0.25) is 14.5 Å². The van der Waals surface area contributed by atoms with Crippen LogP contribution in [-0.4, -0.2) is 46.3 Å². The number of amides is 2. The van der Waals surface area contributed by atoms with Crippen molar-refractivity contribution in [1.82, 2.24) is 14.9 Å². The summed E-state index contributed by atoms with van der Waals surface area (Å²) in [5, 5.41) is 0. The molecule has 0 bridgehead atoms. The summed E-state index contributed by atoms with van der Waals surface area (Å²) in [6, 6.07) is 10.4. The maximum absolute atomic E-state index is 12.8. The number of hydrogen-bond donors (Lipinski definition) is 0. The minimum atomic E-state index is 0.118. The Morgan fingerprint density at radius 2 is 1.88 bits per heavy atom. The van der Waals surface area contributed by atoms with Crippen molar-refractivity contribution in [3.8, 4) is 0 Å². The summed E-state index contributed by atoms with van der Waals surface area (Å²) in [7, 11) is 0. The van der Waals surface area contributed by atoms with Crippen molar-refractivity contribution in [1.29, 1.82) is 0 Å². The normalized spacial score (nSPS) is 20.6. The largest absolute Gasteiger partial charge is 0.342 e. The van der Waals surface area contributed by atoms with Crippen LogP contribution in [0.3, 0.4) is 0 Å². The summed E-state index contributed by atoms with van der Waals surface area (Å²) >= 11 is 0. The van der Waals surface area contributed by atoms with Crippen molar-refractivity contribution in [2.24, 2.45) is 5.92 Å². The van der Waals surface area contributed by atoms with Gasteiger partial charge in [0.1, 0.15) is 11.6 Å². The summed E-state index contributed by atoms with van der Waals surface area (Å²) in [4.78, 5) is 39.1. The molecule has 3 aliphatic rings. The molecule has 1 saturated heterocycles. The number of fused-ring (bicyclic) bond motifs is 1. The van der Waals surface area contributed by atoms with Gasteiger partial charge in [0.05, 0.1) is 6.42 Å². The highest BCUT2D eigenvalue weighted by Crippen LogP contribution is 2.34. The fourth-order valence-electron chi connectivity index (χ4n) is 5.68. The maximum atomic E-state index is 12.8. The smallest absolute Gasteiger partial charge is 0.232 e. The first-order valence-corrected chi connectivity index (χ1v) is 12.6. The van der Waals surface area contributed by atoms with Crippen LogP contribution in [-0.2, 0) is 22.4 Å². The quantitative estimate of drug-likeness (QED) is 0.639. The van der Waals surface area contributed by atoms with Gasteiger partial charge in [-0.25, -0.2) is 9.97 Å². The molecule has 2 fully saturated rings. The molecule has 1 atom stereocenters. The van der Waals surface area contributed by atoms with Gasteiger partial charge in [-0.2, -0.15) is 0 Å². The van der Waals surface area contributed by atoms with Crippen molar-refractivity contribution in [3.05, 3.63) is 53.0 Å². The first-order chi connectivity index (χ1) is 16.1. The number of anilines is 1. The van der Waals surface area contributed by atoms with E-state index in [2.05, 4.69) is 24.3 Å². The average Bonchev–Trinajstić information content (AvgIpc) is 3.56. The molecule has 1 aliphatic carbocycles. The average molecular weight is 447 g/mol. The third-order valence-corrected chi connectivity index (χ3v) is 7.63. The van der Waals surface area contributed by atoms with Crippen LogP contribution in [0.5, 0.6) is 0 Å². The van der Waals surface area contributed by atoms with Crippen LogP contribution in [0.2, 0.25) is 0 Å². The Hall–Kier alpha value is -2.76. The van der Waals surface area contributed by atoms with Crippen molar-refractivity contribution < 1.29 is 9.59 Å². The molecule has 174 valence electrons. The summed E-state index contributed by atoms with van der Waals surface area (Å²) in [6.07, 6.45) is 8.76. The summed E-state index contributed by atoms with van der Waals surface area (Å²) in [5.41, 5.74) is 3.16. The monoisotopic (exact) mass is 446 g/mol. The molecule has 2 aromatic rings. The van der Waals surface area contributed by atoms with Gasteiger partial charge < -0.3 is 4.90 Å². The number of benzene rings is 1. The number of likely N-dealkylation sites (tertiary alicyclic amines) is 1. The molecule has 0 N–H and O–H groups in total. The number of hydrogen-bond acceptors (Lipinski definition) is 4. The zero-order chi connectivity index (χ0) is 22.8. The molecule has 0 spiro atoms. The second-order valence-electron chi connectivity index (χ2n) is 9.96. The Labute approximate surface area is 196 Å². The van der Waals surface area contributed by atoms with Gasteiger partial charge in [0.15, 0.2) is 0 Å². The SMILES string of the molecule is Cc1nc([C@@H]2CCN(C(=O)CC3CCCC3)C2)nc2c1CC(=O)N2CCCc1ccccc1. The minimum absolute atomic E-state index is 0.118. The molecule has 6 heteroatoms. The molecule has 33 heavy (non-hydrogen) atoms. The third kappa shape index (κ3) is 4.80. The molecule has 3 heterocycles. The first-order valence-electron chi connectivity index (χ1n) is 12.6. The van der Waals surface area contributed by atoms with E-state index in [0.29, 0.717) is 37.8 Å². The number of carbonyl (C=O) groups excluding carboxylic acids is 2. The highest BCUT2D eigenvalue weighted by molar-refractivity contribution is 6.00. The minimum Gasteiger partial charge on any atom is -0.342 e. The van der Waals surface area contributed by atoms with Crippen molar-refractivity contribution >= 4 is 17.6 Å². The van der Waals surface area contributed by atoms with Gasteiger partial charge in [-0.1, -0.05) is 43.2 Å². The summed E-state index contributed by atoms with van der Waals surface area (Å²) < 4.78 is 0. The Balaban J connectivity index is 1.25. The van der Waals surface area contributed by atoms with Gasteiger partial charge in [-0.05, 0) is 50.5 Å². The molecular weight excluding hydrogens is 412 g/mol. The lowest BCUT2D eigenvalue weighted by molar-refractivity contribution is -0.131. The molecule has 0 radical (unpaired) electrons. The van der Waals surface area contributed by atoms with Gasteiger partial charge >= 0.3 is 0 Å². The van der Waals surface area contributed by atoms with E-state index in [1.807, 2.05) is 22.8 Å². The molecule has 2 amide bonds. The second-order valence-corrected chi connectivity index (χ2v) is 9.96. The molecule has 0 unspecified atom stereocenters. The fourth-order valence-corrected chi connectivity index (χ4v) is 5.68. The summed E-state index contributed by atoms with van der Waals surface area (Å²) in [5.74, 6) is 2.73. The molecule has 2 aliphatic heterocycles. The van der Waals surface area contributed by atoms with E-state index < -0.39 is 0 Å². The highest BCUT2D eigenvalue weighted by atomic mass is 16.2. The van der Waals surface area contributed by atoms with Crippen LogP contribution in [0.25, 0.3) is 0 Å². The molecule has 1 aromatic heterocycles. The lowest BCUT2D eigenvalue weighted by atomic mass is 10.0. The molecule has 1 aromatic carbocycles. The number of aryl methyl sites for hydroxylation is 2. The summed E-state index contributed by atoms with van der Waals surface area (Å²) in [6.45, 7) is 4.15. The number of aromatic nitrogens is 2. The van der Waals surface area contributed by atoms with Crippen LogP contribution >= 0.6 is 0 Å². The highest BCUT2D eigenvalue weighted by Gasteiger charge is 2.35. The predicted octanol–water partition coefficient (Wildman–Crippen LogP) is 4.20. The maximum Gasteiger partial charge on any atom is 0.232 e. The van der Waals surface area contributed by atoms with E-state index in [0.717, 1.165) is 48.7 Å². The van der Waals surface area contributed by atoms with E-state index >= 15 is 0 Å². The Morgan fingerprint density at radius 3 is 2.67 bits per heavy atom. The lowest BCUT2D eigenvalue weighted by Crippen LogP contribution is -2.30. The number of carbonyl (C=O) groups is 2. The zero-order valence-corrected chi connectivity index (χ0v) is 19.6. The van der Waals surface area contributed by atoms with Gasteiger partial charge in [0.2, 0.25) is 11.8 Å². The molecule has 1 saturated carbocycles. The van der Waals surface area contributed by atoms with E-state index in [4.69, 9.17) is 9.97 Å². The Morgan fingerprint density at radius 1 is 1.09 bits per heavy atom. The van der Waals surface area contributed by atoms with E-state index in [1.54, 1.807) is 0 Å². The molecular formula is C27H34N4O2. The third-order valence-electron chi connectivity index (χ3n) is 7.63. The van der Waals surface area contributed by atoms with Crippen LogP contribution in [0.15, 0.2) is 30.3 Å². The zero-order valence-electron chi connectivity index (χ0n) is 19.6. The van der Waals surface area contributed by atoms with Gasteiger partial charge in [-0.15, -0.1) is 0 Å². The molecule has 6 nitrogen and oxygen atoms in total. The van der Waals surface area contributed by atoms with Gasteiger partial charge in [0, 0.05) is 43.2 Å². The number of nitrogens with zero attached hydrogens (tertiary/aromatic N) is 4. The van der Waals surface area contributed by atoms with Crippen LogP contribution < -0.4 is 4.90 Å². The lowest BCUT2D eigenvalue weighted by Gasteiger charge is -2.20. The Kier molecular flexibility index (Phi) is 6.43.